The van der Waals surface area contributed by atoms with E-state index < -0.39 is 22.8 Å². The molecule has 0 fully saturated rings. The van der Waals surface area contributed by atoms with Crippen molar-refractivity contribution in [2.45, 2.75) is 45.6 Å². The second-order valence-corrected chi connectivity index (χ2v) is 8.27. The quantitative estimate of drug-likeness (QED) is 0.527. The first-order chi connectivity index (χ1) is 12.7. The normalized spacial score (nSPS) is 14.5. The standard InChI is InChI=1S/C16H18BrN5O4S/c1-7-12(17)14(22(25)26)20-21(7)8(2)15(24)19-16-11(13(18)23)9-5-3-4-6-10(9)27-16/h8H,3-6H2,1-2H3,(H2,18,23)(H,19,24)/t8-/m0/s1. The Kier molecular flexibility index (Phi) is 5.33. The lowest BCUT2D eigenvalue weighted by molar-refractivity contribution is -0.390. The van der Waals surface area contributed by atoms with E-state index in [0.717, 1.165) is 36.1 Å². The van der Waals surface area contributed by atoms with Crippen LogP contribution in [0.25, 0.3) is 0 Å². The third-order valence-electron chi connectivity index (χ3n) is 4.63. The van der Waals surface area contributed by atoms with Crippen LogP contribution < -0.4 is 11.1 Å². The van der Waals surface area contributed by atoms with Crippen molar-refractivity contribution in [2.24, 2.45) is 5.73 Å². The molecular weight excluding hydrogens is 438 g/mol. The molecule has 0 saturated carbocycles. The van der Waals surface area contributed by atoms with Gasteiger partial charge in [0.15, 0.2) is 0 Å². The van der Waals surface area contributed by atoms with Gasteiger partial charge in [0.2, 0.25) is 0 Å². The van der Waals surface area contributed by atoms with Crippen LogP contribution in [0.15, 0.2) is 4.47 Å². The fourth-order valence-electron chi connectivity index (χ4n) is 3.22. The summed E-state index contributed by atoms with van der Waals surface area (Å²) in [6.07, 6.45) is 3.66. The zero-order valence-electron chi connectivity index (χ0n) is 14.7. The smallest absolute Gasteiger partial charge is 0.365 e. The molecule has 9 nitrogen and oxygen atoms in total. The van der Waals surface area contributed by atoms with Crippen LogP contribution in [0, 0.1) is 17.0 Å². The average molecular weight is 456 g/mol. The van der Waals surface area contributed by atoms with Gasteiger partial charge < -0.3 is 21.2 Å². The van der Waals surface area contributed by atoms with Crippen molar-refractivity contribution < 1.29 is 14.5 Å². The zero-order chi connectivity index (χ0) is 19.9. The predicted octanol–water partition coefficient (Wildman–Crippen LogP) is 3.10. The van der Waals surface area contributed by atoms with E-state index in [1.165, 1.54) is 16.0 Å². The van der Waals surface area contributed by atoms with E-state index in [0.29, 0.717) is 16.3 Å². The number of nitrogens with two attached hydrogens (primary N) is 1. The lowest BCUT2D eigenvalue weighted by atomic mass is 9.95. The van der Waals surface area contributed by atoms with E-state index in [4.69, 9.17) is 5.73 Å². The zero-order valence-corrected chi connectivity index (χ0v) is 17.1. The summed E-state index contributed by atoms with van der Waals surface area (Å²) in [5.41, 5.74) is 7.31. The number of thiophene rings is 1. The summed E-state index contributed by atoms with van der Waals surface area (Å²) in [6.45, 7) is 3.22. The second kappa shape index (κ2) is 7.39. The van der Waals surface area contributed by atoms with E-state index in [-0.39, 0.29) is 10.3 Å². The Bertz CT molecular complexity index is 951. The number of nitrogens with one attached hydrogen (secondary N) is 1. The summed E-state index contributed by atoms with van der Waals surface area (Å²) < 4.78 is 1.52. The fraction of sp³-hybridized carbons (Fsp3) is 0.438. The fourth-order valence-corrected chi connectivity index (χ4v) is 4.92. The maximum absolute atomic E-state index is 12.7. The Morgan fingerprint density at radius 2 is 2.07 bits per heavy atom. The molecule has 1 atom stereocenters. The van der Waals surface area contributed by atoms with E-state index in [9.17, 15) is 19.7 Å². The number of aromatic nitrogens is 2. The van der Waals surface area contributed by atoms with Crippen molar-refractivity contribution in [1.29, 1.82) is 0 Å². The number of fused-ring (bicyclic) bond motifs is 1. The van der Waals surface area contributed by atoms with E-state index in [2.05, 4.69) is 26.3 Å². The van der Waals surface area contributed by atoms with E-state index in [1.54, 1.807) is 13.8 Å². The Labute approximate surface area is 167 Å². The minimum Gasteiger partial charge on any atom is -0.365 e. The molecule has 2 amide bonds. The first-order valence-corrected chi connectivity index (χ1v) is 9.97. The topological polar surface area (TPSA) is 133 Å². The number of rotatable bonds is 5. The van der Waals surface area contributed by atoms with Gasteiger partial charge in [0.25, 0.3) is 11.8 Å². The molecule has 2 aromatic heterocycles. The molecule has 144 valence electrons. The van der Waals surface area contributed by atoms with Crippen LogP contribution in [-0.4, -0.2) is 26.5 Å². The van der Waals surface area contributed by atoms with E-state index >= 15 is 0 Å². The minimum absolute atomic E-state index is 0.233. The largest absolute Gasteiger partial charge is 0.404 e. The molecule has 3 N–H and O–H groups in total. The van der Waals surface area contributed by atoms with Gasteiger partial charge in [0.05, 0.1) is 16.4 Å². The van der Waals surface area contributed by atoms with Crippen molar-refractivity contribution in [3.05, 3.63) is 36.3 Å². The maximum atomic E-state index is 12.7. The summed E-state index contributed by atoms with van der Waals surface area (Å²) >= 11 is 4.51. The molecular formula is C16H18BrN5O4S. The SMILES string of the molecule is Cc1c(Br)c([N+](=O)[O-])nn1[C@@H](C)C(=O)Nc1sc2c(c1C(N)=O)CCCC2. The lowest BCUT2D eigenvalue weighted by Gasteiger charge is -2.12. The van der Waals surface area contributed by atoms with Crippen molar-refractivity contribution in [3.63, 3.8) is 0 Å². The third kappa shape index (κ3) is 3.48. The van der Waals surface area contributed by atoms with Crippen molar-refractivity contribution in [2.75, 3.05) is 5.32 Å². The molecule has 0 radical (unpaired) electrons. The van der Waals surface area contributed by atoms with E-state index in [1.807, 2.05) is 0 Å². The number of nitrogens with zero attached hydrogens (tertiary/aromatic N) is 3. The van der Waals surface area contributed by atoms with Crippen molar-refractivity contribution >= 4 is 49.9 Å². The molecule has 0 saturated heterocycles. The molecule has 0 aromatic carbocycles. The van der Waals surface area contributed by atoms with Crippen LogP contribution in [0.4, 0.5) is 10.8 Å². The summed E-state index contributed by atoms with van der Waals surface area (Å²) in [5, 5.41) is 18.2. The Morgan fingerprint density at radius 3 is 2.67 bits per heavy atom. The predicted molar refractivity (Wildman–Crippen MR) is 104 cm³/mol. The first kappa shape index (κ1) is 19.5. The number of primary amides is 1. The number of aryl methyl sites for hydroxylation is 1. The molecule has 0 bridgehead atoms. The maximum Gasteiger partial charge on any atom is 0.404 e. The highest BCUT2D eigenvalue weighted by Gasteiger charge is 2.31. The van der Waals surface area contributed by atoms with Gasteiger partial charge in [-0.3, -0.25) is 9.59 Å². The van der Waals surface area contributed by atoms with Gasteiger partial charge in [-0.05, 0) is 65.9 Å². The average Bonchev–Trinajstić information content (AvgIpc) is 3.12. The number of nitro groups is 1. The van der Waals surface area contributed by atoms with Gasteiger partial charge in [-0.15, -0.1) is 11.3 Å². The molecule has 3 rings (SSSR count). The van der Waals surface area contributed by atoms with Crippen LogP contribution in [0.5, 0.6) is 0 Å². The summed E-state index contributed by atoms with van der Waals surface area (Å²) in [7, 11) is 0. The lowest BCUT2D eigenvalue weighted by Crippen LogP contribution is -2.26. The number of anilines is 1. The summed E-state index contributed by atoms with van der Waals surface area (Å²) in [6, 6.07) is -0.810. The number of hydrogen-bond donors (Lipinski definition) is 2. The van der Waals surface area contributed by atoms with Gasteiger partial charge in [-0.1, -0.05) is 0 Å². The number of halogens is 1. The highest BCUT2D eigenvalue weighted by molar-refractivity contribution is 9.10. The Hall–Kier alpha value is -2.27. The van der Waals surface area contributed by atoms with Gasteiger partial charge in [0, 0.05) is 4.88 Å². The number of carbonyl (C=O) groups is 2. The van der Waals surface area contributed by atoms with Crippen molar-refractivity contribution in [3.8, 4) is 0 Å². The number of amides is 2. The summed E-state index contributed by atoms with van der Waals surface area (Å²) in [5.74, 6) is -1.34. The first-order valence-electron chi connectivity index (χ1n) is 8.36. The van der Waals surface area contributed by atoms with Crippen LogP contribution in [0.1, 0.15) is 52.3 Å². The molecule has 2 heterocycles. The number of hydrogen-bond acceptors (Lipinski definition) is 6. The second-order valence-electron chi connectivity index (χ2n) is 6.37. The molecule has 1 aliphatic rings. The van der Waals surface area contributed by atoms with Gasteiger partial charge in [0.1, 0.15) is 15.5 Å². The van der Waals surface area contributed by atoms with Crippen LogP contribution in [0.2, 0.25) is 0 Å². The van der Waals surface area contributed by atoms with Crippen LogP contribution >= 0.6 is 27.3 Å². The highest BCUT2D eigenvalue weighted by atomic mass is 79.9. The third-order valence-corrected chi connectivity index (χ3v) is 6.77. The monoisotopic (exact) mass is 455 g/mol. The van der Waals surface area contributed by atoms with Crippen molar-refractivity contribution in [1.82, 2.24) is 9.78 Å². The van der Waals surface area contributed by atoms with Gasteiger partial charge in [-0.25, -0.2) is 0 Å². The molecule has 27 heavy (non-hydrogen) atoms. The van der Waals surface area contributed by atoms with Crippen LogP contribution in [0.3, 0.4) is 0 Å². The summed E-state index contributed by atoms with van der Waals surface area (Å²) in [4.78, 5) is 36.2. The minimum atomic E-state index is -0.810. The molecule has 0 spiro atoms. The Morgan fingerprint density at radius 1 is 1.41 bits per heavy atom. The molecule has 2 aromatic rings. The molecule has 11 heteroatoms. The highest BCUT2D eigenvalue weighted by Crippen LogP contribution is 2.38. The molecule has 0 unspecified atom stereocenters. The number of carbonyl (C=O) groups excluding carboxylic acids is 2. The molecule has 1 aliphatic carbocycles. The van der Waals surface area contributed by atoms with Gasteiger partial charge in [-0.2, -0.15) is 4.68 Å². The Balaban J connectivity index is 1.90. The van der Waals surface area contributed by atoms with Gasteiger partial charge >= 0.3 is 5.82 Å². The van der Waals surface area contributed by atoms with Crippen LogP contribution in [-0.2, 0) is 17.6 Å². The molecule has 0 aliphatic heterocycles.